The minimum Gasteiger partial charge on any atom is -0.497 e. The number of benzene rings is 1. The lowest BCUT2D eigenvalue weighted by atomic mass is 10.2. The molecule has 7 nitrogen and oxygen atoms in total. The first-order valence-corrected chi connectivity index (χ1v) is 8.78. The zero-order valence-electron chi connectivity index (χ0n) is 15.0. The summed E-state index contributed by atoms with van der Waals surface area (Å²) in [6.45, 7) is 2.30. The SMILES string of the molecule is CN=C(NCc1cccc(OC)c1)NCc1nnc2n1CCCCC2. The maximum absolute atomic E-state index is 5.26. The van der Waals surface area contributed by atoms with Crippen LogP contribution in [0.25, 0.3) is 0 Å². The van der Waals surface area contributed by atoms with Crippen LogP contribution in [-0.4, -0.2) is 34.9 Å². The third-order valence-electron chi connectivity index (χ3n) is 4.42. The van der Waals surface area contributed by atoms with Crippen molar-refractivity contribution in [3.63, 3.8) is 0 Å². The van der Waals surface area contributed by atoms with E-state index in [0.717, 1.165) is 41.9 Å². The van der Waals surface area contributed by atoms with Gasteiger partial charge in [-0.25, -0.2) is 0 Å². The molecule has 7 heteroatoms. The molecular weight excluding hydrogens is 316 g/mol. The first kappa shape index (κ1) is 17.3. The van der Waals surface area contributed by atoms with E-state index in [4.69, 9.17) is 4.74 Å². The van der Waals surface area contributed by atoms with Gasteiger partial charge in [-0.3, -0.25) is 4.99 Å². The van der Waals surface area contributed by atoms with Gasteiger partial charge < -0.3 is 19.9 Å². The Balaban J connectivity index is 1.55. The summed E-state index contributed by atoms with van der Waals surface area (Å²) in [5.41, 5.74) is 1.14. The molecule has 134 valence electrons. The molecule has 1 aliphatic rings. The Bertz CT molecular complexity index is 724. The second-order valence-corrected chi connectivity index (χ2v) is 6.13. The Morgan fingerprint density at radius 1 is 1.20 bits per heavy atom. The van der Waals surface area contributed by atoms with Crippen LogP contribution in [-0.2, 0) is 26.1 Å². The van der Waals surface area contributed by atoms with Gasteiger partial charge in [0.15, 0.2) is 11.8 Å². The number of nitrogens with one attached hydrogen (secondary N) is 2. The van der Waals surface area contributed by atoms with Crippen molar-refractivity contribution in [2.45, 2.75) is 45.3 Å². The summed E-state index contributed by atoms with van der Waals surface area (Å²) in [5, 5.41) is 15.3. The summed E-state index contributed by atoms with van der Waals surface area (Å²) in [4.78, 5) is 4.28. The van der Waals surface area contributed by atoms with Gasteiger partial charge in [0.05, 0.1) is 13.7 Å². The predicted molar refractivity (Wildman–Crippen MR) is 97.6 cm³/mol. The summed E-state index contributed by atoms with van der Waals surface area (Å²) in [5.74, 6) is 3.68. The molecule has 2 aromatic rings. The number of nitrogens with zero attached hydrogens (tertiary/aromatic N) is 4. The number of aryl methyl sites for hydroxylation is 1. The van der Waals surface area contributed by atoms with Gasteiger partial charge in [-0.1, -0.05) is 18.6 Å². The first-order chi connectivity index (χ1) is 12.3. The largest absolute Gasteiger partial charge is 0.497 e. The van der Waals surface area contributed by atoms with Gasteiger partial charge in [-0.05, 0) is 30.5 Å². The molecule has 0 amide bonds. The van der Waals surface area contributed by atoms with Crippen LogP contribution in [0.15, 0.2) is 29.3 Å². The molecule has 1 aliphatic heterocycles. The van der Waals surface area contributed by atoms with Crippen LogP contribution in [0.5, 0.6) is 5.75 Å². The maximum Gasteiger partial charge on any atom is 0.191 e. The maximum atomic E-state index is 5.26. The topological polar surface area (TPSA) is 76.4 Å². The van der Waals surface area contributed by atoms with E-state index in [2.05, 4.69) is 36.5 Å². The molecule has 0 bridgehead atoms. The van der Waals surface area contributed by atoms with Crippen LogP contribution in [0, 0.1) is 0 Å². The lowest BCUT2D eigenvalue weighted by molar-refractivity contribution is 0.414. The van der Waals surface area contributed by atoms with Crippen LogP contribution in [0.3, 0.4) is 0 Å². The fraction of sp³-hybridized carbons (Fsp3) is 0.500. The van der Waals surface area contributed by atoms with Gasteiger partial charge in [0.1, 0.15) is 11.6 Å². The monoisotopic (exact) mass is 342 g/mol. The summed E-state index contributed by atoms with van der Waals surface area (Å²) in [6, 6.07) is 7.99. The lowest BCUT2D eigenvalue weighted by Crippen LogP contribution is -2.37. The van der Waals surface area contributed by atoms with E-state index in [9.17, 15) is 0 Å². The zero-order valence-corrected chi connectivity index (χ0v) is 15.0. The third-order valence-corrected chi connectivity index (χ3v) is 4.42. The highest BCUT2D eigenvalue weighted by Gasteiger charge is 2.14. The molecule has 0 aliphatic carbocycles. The summed E-state index contributed by atoms with van der Waals surface area (Å²) in [7, 11) is 3.44. The van der Waals surface area contributed by atoms with Crippen molar-refractivity contribution in [1.29, 1.82) is 0 Å². The van der Waals surface area contributed by atoms with Crippen molar-refractivity contribution in [1.82, 2.24) is 25.4 Å². The minimum atomic E-state index is 0.616. The van der Waals surface area contributed by atoms with Crippen molar-refractivity contribution in [2.75, 3.05) is 14.2 Å². The number of fused-ring (bicyclic) bond motifs is 1. The van der Waals surface area contributed by atoms with Crippen LogP contribution >= 0.6 is 0 Å². The Morgan fingerprint density at radius 3 is 2.92 bits per heavy atom. The van der Waals surface area contributed by atoms with Crippen LogP contribution in [0.2, 0.25) is 0 Å². The number of aromatic nitrogens is 3. The van der Waals surface area contributed by atoms with Crippen LogP contribution in [0.1, 0.15) is 36.5 Å². The molecule has 2 N–H and O–H groups in total. The Kier molecular flexibility index (Phi) is 5.87. The summed E-state index contributed by atoms with van der Waals surface area (Å²) >= 11 is 0. The van der Waals surface area contributed by atoms with Crippen molar-refractivity contribution in [3.8, 4) is 5.75 Å². The molecule has 1 aromatic carbocycles. The highest BCUT2D eigenvalue weighted by atomic mass is 16.5. The van der Waals surface area contributed by atoms with Crippen molar-refractivity contribution < 1.29 is 4.74 Å². The average Bonchev–Trinajstić information content (AvgIpc) is 2.88. The summed E-state index contributed by atoms with van der Waals surface area (Å²) in [6.07, 6.45) is 4.69. The van der Waals surface area contributed by atoms with Gasteiger partial charge in [0.25, 0.3) is 0 Å². The van der Waals surface area contributed by atoms with Crippen molar-refractivity contribution in [2.24, 2.45) is 4.99 Å². The third kappa shape index (κ3) is 4.49. The van der Waals surface area contributed by atoms with Gasteiger partial charge in [0.2, 0.25) is 0 Å². The van der Waals surface area contributed by atoms with E-state index in [1.54, 1.807) is 14.2 Å². The lowest BCUT2D eigenvalue weighted by Gasteiger charge is -2.13. The van der Waals surface area contributed by atoms with Gasteiger partial charge in [-0.2, -0.15) is 0 Å². The molecule has 1 aromatic heterocycles. The van der Waals surface area contributed by atoms with E-state index in [0.29, 0.717) is 13.1 Å². The molecule has 0 saturated carbocycles. The molecule has 2 heterocycles. The minimum absolute atomic E-state index is 0.616. The fourth-order valence-electron chi connectivity index (χ4n) is 3.03. The molecular formula is C18H26N6O. The molecule has 0 saturated heterocycles. The zero-order chi connectivity index (χ0) is 17.5. The second kappa shape index (κ2) is 8.50. The smallest absolute Gasteiger partial charge is 0.191 e. The van der Waals surface area contributed by atoms with Crippen LogP contribution in [0.4, 0.5) is 0 Å². The molecule has 0 unspecified atom stereocenters. The van der Waals surface area contributed by atoms with E-state index in [1.165, 1.54) is 19.3 Å². The highest BCUT2D eigenvalue weighted by Crippen LogP contribution is 2.14. The molecule has 3 rings (SSSR count). The average molecular weight is 342 g/mol. The van der Waals surface area contributed by atoms with Gasteiger partial charge in [0, 0.05) is 26.6 Å². The highest BCUT2D eigenvalue weighted by molar-refractivity contribution is 5.79. The molecule has 0 spiro atoms. The number of rotatable bonds is 5. The second-order valence-electron chi connectivity index (χ2n) is 6.13. The number of methoxy groups -OCH3 is 1. The van der Waals surface area contributed by atoms with Gasteiger partial charge >= 0.3 is 0 Å². The Morgan fingerprint density at radius 2 is 2.08 bits per heavy atom. The number of ether oxygens (including phenoxy) is 1. The van der Waals surface area contributed by atoms with Crippen molar-refractivity contribution in [3.05, 3.63) is 41.5 Å². The van der Waals surface area contributed by atoms with Crippen LogP contribution < -0.4 is 15.4 Å². The molecule has 25 heavy (non-hydrogen) atoms. The van der Waals surface area contributed by atoms with Crippen molar-refractivity contribution >= 4 is 5.96 Å². The normalized spacial score (nSPS) is 14.6. The number of hydrogen-bond donors (Lipinski definition) is 2. The predicted octanol–water partition coefficient (Wildman–Crippen LogP) is 1.88. The Hall–Kier alpha value is -2.57. The fourth-order valence-corrected chi connectivity index (χ4v) is 3.03. The van der Waals surface area contributed by atoms with Gasteiger partial charge in [-0.15, -0.1) is 10.2 Å². The number of aliphatic imine (C=N–C) groups is 1. The Labute approximate surface area is 148 Å². The number of guanidine groups is 1. The van der Waals surface area contributed by atoms with E-state index in [1.807, 2.05) is 18.2 Å². The number of hydrogen-bond acceptors (Lipinski definition) is 4. The summed E-state index contributed by atoms with van der Waals surface area (Å²) < 4.78 is 7.50. The van der Waals surface area contributed by atoms with E-state index in [-0.39, 0.29) is 0 Å². The molecule has 0 atom stereocenters. The molecule has 0 fully saturated rings. The molecule has 0 radical (unpaired) electrons. The van der Waals surface area contributed by atoms with E-state index >= 15 is 0 Å². The quantitative estimate of drug-likeness (QED) is 0.641. The van der Waals surface area contributed by atoms with E-state index < -0.39 is 0 Å². The standard InChI is InChI=1S/C18H26N6O/c1-19-18(20-12-14-7-6-8-15(11-14)25-2)21-13-17-23-22-16-9-4-3-5-10-24(16)17/h6-8,11H,3-5,9-10,12-13H2,1-2H3,(H2,19,20,21). The first-order valence-electron chi connectivity index (χ1n) is 8.78.